The third-order valence-electron chi connectivity index (χ3n) is 5.51. The number of carbonyl (C=O) groups excluding carboxylic acids is 2. The van der Waals surface area contributed by atoms with Gasteiger partial charge in [-0.2, -0.15) is 0 Å². The zero-order valence-corrected chi connectivity index (χ0v) is 17.2. The summed E-state index contributed by atoms with van der Waals surface area (Å²) in [6, 6.07) is 3.88. The minimum atomic E-state index is -0.528. The second-order valence-corrected chi connectivity index (χ2v) is 7.84. The van der Waals surface area contributed by atoms with Crippen molar-refractivity contribution >= 4 is 29.3 Å². The molecule has 0 unspecified atom stereocenters. The Hall–Kier alpha value is -3.80. The molecule has 2 aromatic rings. The third kappa shape index (κ3) is 3.61. The normalized spacial score (nSPS) is 17.7. The van der Waals surface area contributed by atoms with Crippen molar-refractivity contribution in [3.8, 4) is 11.8 Å². The number of urea groups is 1. The van der Waals surface area contributed by atoms with Gasteiger partial charge in [0.05, 0.1) is 17.6 Å². The molecule has 1 aliphatic heterocycles. The van der Waals surface area contributed by atoms with Gasteiger partial charge in [-0.15, -0.1) is 0 Å². The number of rotatable bonds is 4. The van der Waals surface area contributed by atoms with Crippen molar-refractivity contribution in [2.75, 3.05) is 23.5 Å². The van der Waals surface area contributed by atoms with Crippen LogP contribution >= 0.6 is 0 Å². The summed E-state index contributed by atoms with van der Waals surface area (Å²) in [7, 11) is 1.61. The molecule has 0 radical (unpaired) electrons. The summed E-state index contributed by atoms with van der Waals surface area (Å²) in [6.07, 6.45) is 6.63. The van der Waals surface area contributed by atoms with Crippen molar-refractivity contribution in [1.82, 2.24) is 19.9 Å². The summed E-state index contributed by atoms with van der Waals surface area (Å²) >= 11 is 0. The quantitative estimate of drug-likeness (QED) is 0.771. The van der Waals surface area contributed by atoms with Crippen LogP contribution < -0.4 is 9.80 Å². The average molecular weight is 418 g/mol. The molecule has 2 aliphatic carbocycles. The monoisotopic (exact) mass is 418 g/mol. The van der Waals surface area contributed by atoms with Crippen LogP contribution in [0.2, 0.25) is 0 Å². The van der Waals surface area contributed by atoms with Crippen LogP contribution in [0, 0.1) is 11.8 Å². The number of amides is 3. The van der Waals surface area contributed by atoms with Gasteiger partial charge in [-0.25, -0.2) is 14.6 Å². The Labute approximate surface area is 179 Å². The second kappa shape index (κ2) is 7.47. The number of nitrogens with zero attached hydrogens (tertiary/aromatic N) is 5. The molecule has 0 aromatic carbocycles. The lowest BCUT2D eigenvalue weighted by molar-refractivity contribution is 0.169. The van der Waals surface area contributed by atoms with E-state index < -0.39 is 6.09 Å². The first-order valence-electron chi connectivity index (χ1n) is 10.3. The van der Waals surface area contributed by atoms with Gasteiger partial charge < -0.3 is 9.72 Å². The number of ether oxygens (including phenoxy) is 1. The van der Waals surface area contributed by atoms with E-state index >= 15 is 0 Å². The summed E-state index contributed by atoms with van der Waals surface area (Å²) in [5.74, 6) is 6.70. The summed E-state index contributed by atoms with van der Waals surface area (Å²) in [4.78, 5) is 41.8. The topological polar surface area (TPSA) is 94.7 Å². The lowest BCUT2D eigenvalue weighted by atomic mass is 10.2. The minimum absolute atomic E-state index is 0.0409. The van der Waals surface area contributed by atoms with Crippen LogP contribution in [-0.4, -0.2) is 57.7 Å². The molecule has 9 heteroatoms. The number of H-pyrrole nitrogens is 1. The van der Waals surface area contributed by atoms with E-state index in [1.54, 1.807) is 41.4 Å². The first-order valence-corrected chi connectivity index (χ1v) is 10.3. The zero-order chi connectivity index (χ0) is 21.5. The Balaban J connectivity index is 1.29. The lowest BCUT2D eigenvalue weighted by Crippen LogP contribution is -2.48. The molecule has 0 atom stereocenters. The molecule has 2 fully saturated rings. The number of carbonyl (C=O) groups is 2. The summed E-state index contributed by atoms with van der Waals surface area (Å²) < 4.78 is 5.20. The van der Waals surface area contributed by atoms with E-state index in [2.05, 4.69) is 33.4 Å². The molecule has 0 spiro atoms. The first kappa shape index (κ1) is 19.2. The Morgan fingerprint density at radius 1 is 1.32 bits per heavy atom. The summed E-state index contributed by atoms with van der Waals surface area (Å²) in [5, 5.41) is 0. The van der Waals surface area contributed by atoms with Gasteiger partial charge in [0.15, 0.2) is 18.2 Å². The maximum absolute atomic E-state index is 13.0. The number of aromatic amines is 1. The molecule has 3 heterocycles. The standard InChI is InChI=1S/C22H22N6O3/c1-14-19-20(28(16-9-10-16)21(29)27(14)15-7-8-15)25-18(24-19)6-4-12-31-22(30)26(2)17-5-3-11-23-13-17/h3,5,11,13,15-16H,1,7-10,12H2,2H3,(H,24,25). The molecule has 3 amide bonds. The number of pyridine rings is 1. The second-order valence-electron chi connectivity index (χ2n) is 7.84. The van der Waals surface area contributed by atoms with Gasteiger partial charge in [-0.3, -0.25) is 19.7 Å². The van der Waals surface area contributed by atoms with Gasteiger partial charge in [0.25, 0.3) is 0 Å². The highest BCUT2D eigenvalue weighted by Gasteiger charge is 2.47. The van der Waals surface area contributed by atoms with Gasteiger partial charge in [0.2, 0.25) is 0 Å². The van der Waals surface area contributed by atoms with Crippen LogP contribution in [0.1, 0.15) is 37.2 Å². The maximum atomic E-state index is 13.0. The van der Waals surface area contributed by atoms with Crippen molar-refractivity contribution in [1.29, 1.82) is 0 Å². The SMILES string of the molecule is C=C1c2[nH]c(C#CCOC(=O)N(C)c3cccnc3)nc2N(C2CC2)C(=O)N1C1CC1. The smallest absolute Gasteiger partial charge is 0.415 e. The Morgan fingerprint density at radius 3 is 2.74 bits per heavy atom. The van der Waals surface area contributed by atoms with Crippen LogP contribution in [0.5, 0.6) is 0 Å². The van der Waals surface area contributed by atoms with E-state index in [4.69, 9.17) is 4.74 Å². The molecule has 158 valence electrons. The number of anilines is 2. The number of imidazole rings is 1. The fourth-order valence-corrected chi connectivity index (χ4v) is 3.58. The molecular formula is C22H22N6O3. The van der Waals surface area contributed by atoms with Crippen LogP contribution in [0.3, 0.4) is 0 Å². The highest BCUT2D eigenvalue weighted by atomic mass is 16.6. The molecule has 0 bridgehead atoms. The summed E-state index contributed by atoms with van der Waals surface area (Å²) in [6.45, 7) is 4.03. The Bertz CT molecular complexity index is 1110. The molecule has 0 saturated heterocycles. The minimum Gasteiger partial charge on any atom is -0.436 e. The Kier molecular flexibility index (Phi) is 4.62. The molecule has 1 N–H and O–H groups in total. The van der Waals surface area contributed by atoms with Crippen LogP contribution in [-0.2, 0) is 4.74 Å². The van der Waals surface area contributed by atoms with Crippen molar-refractivity contribution in [3.05, 3.63) is 42.6 Å². The molecule has 5 rings (SSSR count). The van der Waals surface area contributed by atoms with E-state index in [0.717, 1.165) is 31.4 Å². The highest BCUT2D eigenvalue weighted by molar-refractivity contribution is 6.04. The molecular weight excluding hydrogens is 396 g/mol. The van der Waals surface area contributed by atoms with Crippen molar-refractivity contribution in [2.45, 2.75) is 37.8 Å². The fraction of sp³-hybridized carbons (Fsp3) is 0.364. The van der Waals surface area contributed by atoms with Gasteiger partial charge in [0.1, 0.15) is 5.69 Å². The number of hydrogen-bond acceptors (Lipinski definition) is 5. The molecule has 2 aromatic heterocycles. The van der Waals surface area contributed by atoms with E-state index in [1.165, 1.54) is 4.90 Å². The summed E-state index contributed by atoms with van der Waals surface area (Å²) in [5.41, 5.74) is 2.00. The molecule has 31 heavy (non-hydrogen) atoms. The maximum Gasteiger partial charge on any atom is 0.415 e. The van der Waals surface area contributed by atoms with Gasteiger partial charge in [0, 0.05) is 25.3 Å². The predicted octanol–water partition coefficient (Wildman–Crippen LogP) is 2.97. The van der Waals surface area contributed by atoms with Crippen molar-refractivity contribution < 1.29 is 14.3 Å². The van der Waals surface area contributed by atoms with E-state index in [1.807, 2.05) is 0 Å². The lowest BCUT2D eigenvalue weighted by Gasteiger charge is -2.35. The van der Waals surface area contributed by atoms with E-state index in [9.17, 15) is 9.59 Å². The molecule has 9 nitrogen and oxygen atoms in total. The van der Waals surface area contributed by atoms with Gasteiger partial charge in [-0.1, -0.05) is 12.5 Å². The number of hydrogen-bond donors (Lipinski definition) is 1. The van der Waals surface area contributed by atoms with Crippen LogP contribution in [0.15, 0.2) is 31.1 Å². The average Bonchev–Trinajstić information content (AvgIpc) is 3.70. The van der Waals surface area contributed by atoms with Gasteiger partial charge in [-0.05, 0) is 43.7 Å². The van der Waals surface area contributed by atoms with E-state index in [0.29, 0.717) is 23.0 Å². The first-order chi connectivity index (χ1) is 15.0. The Morgan fingerprint density at radius 2 is 2.06 bits per heavy atom. The largest absolute Gasteiger partial charge is 0.436 e. The molecule has 3 aliphatic rings. The van der Waals surface area contributed by atoms with E-state index in [-0.39, 0.29) is 24.7 Å². The molecule has 2 saturated carbocycles. The van der Waals surface area contributed by atoms with Crippen molar-refractivity contribution in [2.24, 2.45) is 0 Å². The predicted molar refractivity (Wildman–Crippen MR) is 114 cm³/mol. The number of aromatic nitrogens is 3. The number of nitrogens with one attached hydrogen (secondary N) is 1. The highest BCUT2D eigenvalue weighted by Crippen LogP contribution is 2.44. The third-order valence-corrected chi connectivity index (χ3v) is 5.51. The zero-order valence-electron chi connectivity index (χ0n) is 17.2. The van der Waals surface area contributed by atoms with Crippen LogP contribution in [0.25, 0.3) is 5.70 Å². The van der Waals surface area contributed by atoms with Crippen LogP contribution in [0.4, 0.5) is 21.1 Å². The fourth-order valence-electron chi connectivity index (χ4n) is 3.58. The van der Waals surface area contributed by atoms with Crippen molar-refractivity contribution in [3.63, 3.8) is 0 Å². The number of fused-ring (bicyclic) bond motifs is 1. The van der Waals surface area contributed by atoms with Gasteiger partial charge >= 0.3 is 12.1 Å².